The van der Waals surface area contributed by atoms with Crippen LogP contribution in [0.15, 0.2) is 84.9 Å². The van der Waals surface area contributed by atoms with Gasteiger partial charge in [-0.25, -0.2) is 9.78 Å². The van der Waals surface area contributed by atoms with Gasteiger partial charge in [0, 0.05) is 21.8 Å². The van der Waals surface area contributed by atoms with Crippen LogP contribution in [0.3, 0.4) is 0 Å². The van der Waals surface area contributed by atoms with Crippen LogP contribution in [-0.2, 0) is 4.74 Å². The number of carbonyl (C=O) groups excluding carboxylic acids is 1. The van der Waals surface area contributed by atoms with E-state index in [0.717, 1.165) is 33.6 Å². The van der Waals surface area contributed by atoms with E-state index in [1.54, 1.807) is 6.92 Å². The summed E-state index contributed by atoms with van der Waals surface area (Å²) in [5.41, 5.74) is 5.64. The molecule has 0 fully saturated rings. The number of anilines is 2. The predicted molar refractivity (Wildman–Crippen MR) is 131 cm³/mol. The molecule has 0 saturated heterocycles. The predicted octanol–water partition coefficient (Wildman–Crippen LogP) is 7.30. The number of aryl methyl sites for hydroxylation is 1. The molecular weight excluding hydrogens is 420 g/mol. The number of rotatable bonds is 6. The molecule has 3 aromatic carbocycles. The van der Waals surface area contributed by atoms with Gasteiger partial charge in [0.25, 0.3) is 0 Å². The highest BCUT2D eigenvalue weighted by molar-refractivity contribution is 6.30. The summed E-state index contributed by atoms with van der Waals surface area (Å²) in [6, 6.07) is 27.1. The summed E-state index contributed by atoms with van der Waals surface area (Å²) in [5.74, 6) is 0.0118. The van der Waals surface area contributed by atoms with Crippen LogP contribution >= 0.6 is 11.6 Å². The summed E-state index contributed by atoms with van der Waals surface area (Å²) in [6.07, 6.45) is 0. The molecule has 0 bridgehead atoms. The first-order chi connectivity index (χ1) is 15.5. The highest BCUT2D eigenvalue weighted by atomic mass is 35.5. The molecule has 32 heavy (non-hydrogen) atoms. The number of ether oxygens (including phenoxy) is 1. The van der Waals surface area contributed by atoms with E-state index in [0.29, 0.717) is 16.4 Å². The largest absolute Gasteiger partial charge is 0.462 e. The molecule has 0 spiro atoms. The van der Waals surface area contributed by atoms with Crippen LogP contribution in [0, 0.1) is 6.92 Å². The molecule has 0 unspecified atom stereocenters. The number of benzene rings is 3. The molecule has 160 valence electrons. The maximum absolute atomic E-state index is 13.1. The fourth-order valence-corrected chi connectivity index (χ4v) is 3.56. The molecule has 0 amide bonds. The smallest absolute Gasteiger partial charge is 0.342 e. The van der Waals surface area contributed by atoms with Crippen molar-refractivity contribution in [3.05, 3.63) is 101 Å². The second kappa shape index (κ2) is 9.67. The van der Waals surface area contributed by atoms with Crippen LogP contribution in [0.1, 0.15) is 22.8 Å². The number of nitrogens with one attached hydrogen (secondary N) is 1. The van der Waals surface area contributed by atoms with Crippen molar-refractivity contribution in [2.45, 2.75) is 13.8 Å². The van der Waals surface area contributed by atoms with E-state index in [4.69, 9.17) is 21.3 Å². The first kappa shape index (κ1) is 21.6. The lowest BCUT2D eigenvalue weighted by Crippen LogP contribution is -2.12. The number of nitrogens with zero attached hydrogens (tertiary/aromatic N) is 1. The van der Waals surface area contributed by atoms with Crippen LogP contribution in [0.2, 0.25) is 5.02 Å². The molecule has 0 aliphatic heterocycles. The summed E-state index contributed by atoms with van der Waals surface area (Å²) < 4.78 is 5.41. The minimum absolute atomic E-state index is 0.267. The number of hydrogen-bond acceptors (Lipinski definition) is 4. The lowest BCUT2D eigenvalue weighted by molar-refractivity contribution is 0.0528. The molecular formula is C27H23ClN2O2. The highest BCUT2D eigenvalue weighted by Gasteiger charge is 2.22. The molecule has 4 rings (SSSR count). The summed E-state index contributed by atoms with van der Waals surface area (Å²) in [4.78, 5) is 17.9. The van der Waals surface area contributed by atoms with E-state index in [-0.39, 0.29) is 6.61 Å². The van der Waals surface area contributed by atoms with Gasteiger partial charge < -0.3 is 10.1 Å². The van der Waals surface area contributed by atoms with Crippen molar-refractivity contribution in [1.82, 2.24) is 4.98 Å². The van der Waals surface area contributed by atoms with Gasteiger partial charge in [-0.1, -0.05) is 71.8 Å². The Morgan fingerprint density at radius 3 is 2.28 bits per heavy atom. The normalized spacial score (nSPS) is 10.6. The summed E-state index contributed by atoms with van der Waals surface area (Å²) >= 11 is 6.11. The van der Waals surface area contributed by atoms with Gasteiger partial charge in [0.15, 0.2) is 0 Å². The minimum Gasteiger partial charge on any atom is -0.462 e. The number of halogens is 1. The van der Waals surface area contributed by atoms with Gasteiger partial charge in [-0.15, -0.1) is 0 Å². The van der Waals surface area contributed by atoms with Crippen molar-refractivity contribution in [1.29, 1.82) is 0 Å². The zero-order valence-corrected chi connectivity index (χ0v) is 18.7. The number of pyridine rings is 1. The Labute approximate surface area is 192 Å². The summed E-state index contributed by atoms with van der Waals surface area (Å²) in [6.45, 7) is 4.09. The van der Waals surface area contributed by atoms with Gasteiger partial charge in [0.05, 0.1) is 12.3 Å². The summed E-state index contributed by atoms with van der Waals surface area (Å²) in [5, 5.41) is 3.96. The first-order valence-electron chi connectivity index (χ1n) is 10.4. The van der Waals surface area contributed by atoms with E-state index >= 15 is 0 Å². The maximum Gasteiger partial charge on any atom is 0.342 e. The Balaban J connectivity index is 1.95. The molecule has 0 aliphatic carbocycles. The zero-order chi connectivity index (χ0) is 22.5. The van der Waals surface area contributed by atoms with Crippen molar-refractivity contribution in [3.8, 4) is 22.4 Å². The van der Waals surface area contributed by atoms with E-state index in [2.05, 4.69) is 5.32 Å². The van der Waals surface area contributed by atoms with Crippen molar-refractivity contribution in [3.63, 3.8) is 0 Å². The number of hydrogen-bond donors (Lipinski definition) is 1. The fraction of sp³-hybridized carbons (Fsp3) is 0.111. The van der Waals surface area contributed by atoms with Crippen LogP contribution in [0.25, 0.3) is 22.4 Å². The standard InChI is InChI=1S/C27H23ClN2O2/c1-3-32-27(31)25-23(19-11-13-21(28)14-12-19)17-24(20-7-5-4-6-8-20)30-26(25)29-22-15-9-18(2)10-16-22/h4-17H,3H2,1-2H3,(H,29,30). The Morgan fingerprint density at radius 1 is 0.938 bits per heavy atom. The third kappa shape index (κ3) is 4.82. The lowest BCUT2D eigenvalue weighted by Gasteiger charge is -2.17. The molecule has 1 heterocycles. The van der Waals surface area contributed by atoms with E-state index in [9.17, 15) is 4.79 Å². The van der Waals surface area contributed by atoms with Gasteiger partial charge >= 0.3 is 5.97 Å². The van der Waals surface area contributed by atoms with Crippen molar-refractivity contribution in [2.24, 2.45) is 0 Å². The first-order valence-corrected chi connectivity index (χ1v) is 10.8. The Hall–Kier alpha value is -3.63. The zero-order valence-electron chi connectivity index (χ0n) is 17.9. The molecule has 0 aliphatic rings. The maximum atomic E-state index is 13.1. The van der Waals surface area contributed by atoms with Gasteiger partial charge in [0.1, 0.15) is 11.4 Å². The molecule has 5 heteroatoms. The monoisotopic (exact) mass is 442 g/mol. The molecule has 4 nitrogen and oxygen atoms in total. The van der Waals surface area contributed by atoms with Crippen molar-refractivity contribution < 1.29 is 9.53 Å². The summed E-state index contributed by atoms with van der Waals surface area (Å²) in [7, 11) is 0. The number of esters is 1. The van der Waals surface area contributed by atoms with Crippen LogP contribution in [0.4, 0.5) is 11.5 Å². The SMILES string of the molecule is CCOC(=O)c1c(-c2ccc(Cl)cc2)cc(-c2ccccc2)nc1Nc1ccc(C)cc1. The third-order valence-electron chi connectivity index (χ3n) is 5.04. The molecule has 0 saturated carbocycles. The second-order valence-corrected chi connectivity index (χ2v) is 7.80. The number of aromatic nitrogens is 1. The Kier molecular flexibility index (Phi) is 6.52. The molecule has 0 radical (unpaired) electrons. The Morgan fingerprint density at radius 2 is 1.62 bits per heavy atom. The molecule has 0 atom stereocenters. The van der Waals surface area contributed by atoms with E-state index < -0.39 is 5.97 Å². The average Bonchev–Trinajstić information content (AvgIpc) is 2.81. The lowest BCUT2D eigenvalue weighted by atomic mass is 9.97. The van der Waals surface area contributed by atoms with E-state index in [1.807, 2.05) is 91.9 Å². The van der Waals surface area contributed by atoms with Gasteiger partial charge in [0.2, 0.25) is 0 Å². The van der Waals surface area contributed by atoms with Crippen LogP contribution in [0.5, 0.6) is 0 Å². The molecule has 4 aromatic rings. The number of carbonyl (C=O) groups is 1. The van der Waals surface area contributed by atoms with Gasteiger partial charge in [-0.05, 0) is 49.7 Å². The molecule has 1 aromatic heterocycles. The fourth-order valence-electron chi connectivity index (χ4n) is 3.43. The van der Waals surface area contributed by atoms with Crippen LogP contribution in [-0.4, -0.2) is 17.6 Å². The van der Waals surface area contributed by atoms with E-state index in [1.165, 1.54) is 0 Å². The van der Waals surface area contributed by atoms with Crippen molar-refractivity contribution in [2.75, 3.05) is 11.9 Å². The third-order valence-corrected chi connectivity index (χ3v) is 5.29. The van der Waals surface area contributed by atoms with Gasteiger partial charge in [-0.3, -0.25) is 0 Å². The quantitative estimate of drug-likeness (QED) is 0.318. The second-order valence-electron chi connectivity index (χ2n) is 7.36. The van der Waals surface area contributed by atoms with Crippen LogP contribution < -0.4 is 5.32 Å². The molecule has 1 N–H and O–H groups in total. The highest BCUT2D eigenvalue weighted by Crippen LogP contribution is 2.35. The van der Waals surface area contributed by atoms with Crippen molar-refractivity contribution >= 4 is 29.1 Å². The average molecular weight is 443 g/mol. The topological polar surface area (TPSA) is 51.2 Å². The Bertz CT molecular complexity index is 1220. The van der Waals surface area contributed by atoms with Gasteiger partial charge in [-0.2, -0.15) is 0 Å². The minimum atomic E-state index is -0.431.